The first kappa shape index (κ1) is 12.7. The SMILES string of the molecule is C=CCC(C)NC(=O)C1(c2ccc(N)cc2)CC1. The van der Waals surface area contributed by atoms with Crippen molar-refractivity contribution in [2.75, 3.05) is 5.73 Å². The third kappa shape index (κ3) is 2.40. The number of nitrogens with two attached hydrogens (primary N) is 1. The molecule has 0 bridgehead atoms. The first-order valence-electron chi connectivity index (χ1n) is 6.36. The molecule has 0 radical (unpaired) electrons. The molecular weight excluding hydrogens is 224 g/mol. The number of hydrogen-bond acceptors (Lipinski definition) is 2. The van der Waals surface area contributed by atoms with Gasteiger partial charge in [-0.15, -0.1) is 6.58 Å². The smallest absolute Gasteiger partial charge is 0.230 e. The van der Waals surface area contributed by atoms with E-state index in [1.54, 1.807) is 0 Å². The molecule has 18 heavy (non-hydrogen) atoms. The topological polar surface area (TPSA) is 55.1 Å². The summed E-state index contributed by atoms with van der Waals surface area (Å²) in [5, 5.41) is 3.06. The summed E-state index contributed by atoms with van der Waals surface area (Å²) in [5.74, 6) is 0.127. The largest absolute Gasteiger partial charge is 0.399 e. The molecule has 96 valence electrons. The van der Waals surface area contributed by atoms with Gasteiger partial charge in [-0.2, -0.15) is 0 Å². The Balaban J connectivity index is 2.09. The van der Waals surface area contributed by atoms with Gasteiger partial charge < -0.3 is 11.1 Å². The van der Waals surface area contributed by atoms with Crippen LogP contribution in [-0.4, -0.2) is 11.9 Å². The number of rotatable bonds is 5. The number of hydrogen-bond donors (Lipinski definition) is 2. The Hall–Kier alpha value is -1.77. The fraction of sp³-hybridized carbons (Fsp3) is 0.400. The highest BCUT2D eigenvalue weighted by molar-refractivity contribution is 5.91. The molecule has 1 unspecified atom stereocenters. The maximum absolute atomic E-state index is 12.3. The molecule has 0 saturated heterocycles. The van der Waals surface area contributed by atoms with Crippen LogP contribution < -0.4 is 11.1 Å². The molecule has 1 atom stereocenters. The molecule has 0 heterocycles. The number of amides is 1. The second-order valence-electron chi connectivity index (χ2n) is 5.10. The van der Waals surface area contributed by atoms with Gasteiger partial charge in [-0.3, -0.25) is 4.79 Å². The standard InChI is InChI=1S/C15H20N2O/c1-3-4-11(2)17-14(18)15(9-10-15)12-5-7-13(16)8-6-12/h3,5-8,11H,1,4,9-10,16H2,2H3,(H,17,18). The van der Waals surface area contributed by atoms with Crippen molar-refractivity contribution >= 4 is 11.6 Å². The van der Waals surface area contributed by atoms with E-state index >= 15 is 0 Å². The van der Waals surface area contributed by atoms with Crippen LogP contribution in [0, 0.1) is 0 Å². The van der Waals surface area contributed by atoms with Gasteiger partial charge in [0.2, 0.25) is 5.91 Å². The van der Waals surface area contributed by atoms with Gasteiger partial charge in [-0.1, -0.05) is 18.2 Å². The highest BCUT2D eigenvalue weighted by atomic mass is 16.2. The first-order valence-corrected chi connectivity index (χ1v) is 6.36. The van der Waals surface area contributed by atoms with Crippen LogP contribution in [-0.2, 0) is 10.2 Å². The summed E-state index contributed by atoms with van der Waals surface area (Å²) in [7, 11) is 0. The van der Waals surface area contributed by atoms with Crippen molar-refractivity contribution in [3.63, 3.8) is 0 Å². The lowest BCUT2D eigenvalue weighted by molar-refractivity contribution is -0.124. The lowest BCUT2D eigenvalue weighted by Crippen LogP contribution is -2.40. The second-order valence-corrected chi connectivity index (χ2v) is 5.10. The minimum atomic E-state index is -0.316. The molecule has 1 fully saturated rings. The van der Waals surface area contributed by atoms with E-state index in [1.807, 2.05) is 37.3 Å². The Kier molecular flexibility index (Phi) is 3.41. The molecule has 3 heteroatoms. The molecule has 0 aliphatic heterocycles. The van der Waals surface area contributed by atoms with Crippen molar-refractivity contribution in [2.45, 2.75) is 37.6 Å². The van der Waals surface area contributed by atoms with Crippen LogP contribution in [0.15, 0.2) is 36.9 Å². The average Bonchev–Trinajstić information content (AvgIpc) is 3.11. The van der Waals surface area contributed by atoms with Gasteiger partial charge in [0.25, 0.3) is 0 Å². The second kappa shape index (κ2) is 4.84. The molecule has 0 aromatic heterocycles. The first-order chi connectivity index (χ1) is 8.58. The lowest BCUT2D eigenvalue weighted by atomic mass is 9.94. The van der Waals surface area contributed by atoms with Crippen LogP contribution in [0.25, 0.3) is 0 Å². The van der Waals surface area contributed by atoms with Crippen LogP contribution in [0.3, 0.4) is 0 Å². The molecule has 1 saturated carbocycles. The zero-order valence-electron chi connectivity index (χ0n) is 10.8. The van der Waals surface area contributed by atoms with Crippen molar-refractivity contribution < 1.29 is 4.79 Å². The Morgan fingerprint density at radius 3 is 2.61 bits per heavy atom. The zero-order valence-corrected chi connectivity index (χ0v) is 10.8. The molecule has 1 aliphatic rings. The molecule has 3 nitrogen and oxygen atoms in total. The maximum Gasteiger partial charge on any atom is 0.230 e. The van der Waals surface area contributed by atoms with Gasteiger partial charge in [0.05, 0.1) is 5.41 Å². The van der Waals surface area contributed by atoms with Crippen molar-refractivity contribution in [1.29, 1.82) is 0 Å². The number of benzene rings is 1. The molecule has 1 aliphatic carbocycles. The molecule has 1 amide bonds. The fourth-order valence-corrected chi connectivity index (χ4v) is 2.24. The monoisotopic (exact) mass is 244 g/mol. The Labute approximate surface area is 108 Å². The Morgan fingerprint density at radius 2 is 2.11 bits per heavy atom. The molecule has 1 aromatic rings. The molecule has 1 aromatic carbocycles. The summed E-state index contributed by atoms with van der Waals surface area (Å²) in [4.78, 5) is 12.3. The van der Waals surface area contributed by atoms with E-state index in [2.05, 4.69) is 11.9 Å². The minimum absolute atomic E-state index is 0.127. The summed E-state index contributed by atoms with van der Waals surface area (Å²) >= 11 is 0. The van der Waals surface area contributed by atoms with Gasteiger partial charge in [-0.25, -0.2) is 0 Å². The average molecular weight is 244 g/mol. The fourth-order valence-electron chi connectivity index (χ4n) is 2.24. The summed E-state index contributed by atoms with van der Waals surface area (Å²) < 4.78 is 0. The predicted octanol–water partition coefficient (Wildman–Crippen LogP) is 2.38. The van der Waals surface area contributed by atoms with Crippen molar-refractivity contribution in [1.82, 2.24) is 5.32 Å². The third-order valence-corrected chi connectivity index (χ3v) is 3.55. The third-order valence-electron chi connectivity index (χ3n) is 3.55. The normalized spacial score (nSPS) is 17.8. The summed E-state index contributed by atoms with van der Waals surface area (Å²) in [6.45, 7) is 5.69. The zero-order chi connectivity index (χ0) is 13.2. The van der Waals surface area contributed by atoms with E-state index in [9.17, 15) is 4.79 Å². The Bertz CT molecular complexity index is 446. The van der Waals surface area contributed by atoms with E-state index in [0.29, 0.717) is 0 Å². The van der Waals surface area contributed by atoms with Gasteiger partial charge in [0.15, 0.2) is 0 Å². The van der Waals surface area contributed by atoms with E-state index in [0.717, 1.165) is 30.5 Å². The van der Waals surface area contributed by atoms with Crippen molar-refractivity contribution in [2.24, 2.45) is 0 Å². The lowest BCUT2D eigenvalue weighted by Gasteiger charge is -2.19. The molecule has 0 spiro atoms. The number of nitrogen functional groups attached to an aromatic ring is 1. The van der Waals surface area contributed by atoms with Crippen molar-refractivity contribution in [3.05, 3.63) is 42.5 Å². The Morgan fingerprint density at radius 1 is 1.50 bits per heavy atom. The minimum Gasteiger partial charge on any atom is -0.399 e. The molecule has 2 rings (SSSR count). The summed E-state index contributed by atoms with van der Waals surface area (Å²) in [6.07, 6.45) is 4.46. The van der Waals surface area contributed by atoms with Crippen LogP contribution >= 0.6 is 0 Å². The van der Waals surface area contributed by atoms with Gasteiger partial charge >= 0.3 is 0 Å². The van der Waals surface area contributed by atoms with Gasteiger partial charge in [0.1, 0.15) is 0 Å². The number of carbonyl (C=O) groups excluding carboxylic acids is 1. The maximum atomic E-state index is 12.3. The highest BCUT2D eigenvalue weighted by Crippen LogP contribution is 2.48. The van der Waals surface area contributed by atoms with Crippen LogP contribution in [0.4, 0.5) is 5.69 Å². The van der Waals surface area contributed by atoms with Crippen LogP contribution in [0.1, 0.15) is 31.7 Å². The van der Waals surface area contributed by atoms with Gasteiger partial charge in [-0.05, 0) is 43.9 Å². The highest BCUT2D eigenvalue weighted by Gasteiger charge is 2.51. The number of carbonyl (C=O) groups is 1. The quantitative estimate of drug-likeness (QED) is 0.617. The van der Waals surface area contributed by atoms with E-state index in [1.165, 1.54) is 0 Å². The molecular formula is C15H20N2O. The van der Waals surface area contributed by atoms with Crippen LogP contribution in [0.2, 0.25) is 0 Å². The van der Waals surface area contributed by atoms with Gasteiger partial charge in [0, 0.05) is 11.7 Å². The molecule has 3 N–H and O–H groups in total. The number of anilines is 1. The van der Waals surface area contributed by atoms with Crippen LogP contribution in [0.5, 0.6) is 0 Å². The van der Waals surface area contributed by atoms with E-state index < -0.39 is 0 Å². The summed E-state index contributed by atoms with van der Waals surface area (Å²) in [5.41, 5.74) is 7.16. The predicted molar refractivity (Wildman–Crippen MR) is 74.2 cm³/mol. The van der Waals surface area contributed by atoms with E-state index in [-0.39, 0.29) is 17.4 Å². The van der Waals surface area contributed by atoms with Crippen molar-refractivity contribution in [3.8, 4) is 0 Å². The van der Waals surface area contributed by atoms with E-state index in [4.69, 9.17) is 5.73 Å². The number of nitrogens with one attached hydrogen (secondary N) is 1. The summed E-state index contributed by atoms with van der Waals surface area (Å²) in [6, 6.07) is 7.77.